The van der Waals surface area contributed by atoms with Gasteiger partial charge in [-0.15, -0.1) is 6.42 Å². The van der Waals surface area contributed by atoms with Gasteiger partial charge in [-0.25, -0.2) is 0 Å². The van der Waals surface area contributed by atoms with E-state index in [-0.39, 0.29) is 5.92 Å². The van der Waals surface area contributed by atoms with Crippen molar-refractivity contribution in [3.05, 3.63) is 33.8 Å². The first-order valence-corrected chi connectivity index (χ1v) is 4.32. The van der Waals surface area contributed by atoms with E-state index in [0.717, 1.165) is 5.56 Å². The first kappa shape index (κ1) is 9.45. The van der Waals surface area contributed by atoms with E-state index >= 15 is 0 Å². The first-order valence-electron chi connectivity index (χ1n) is 3.57. The summed E-state index contributed by atoms with van der Waals surface area (Å²) in [5, 5.41) is 1.11. The van der Waals surface area contributed by atoms with E-state index in [1.165, 1.54) is 0 Å². The molecule has 0 saturated carbocycles. The number of hydrogen-bond donors (Lipinski definition) is 0. The Hall–Kier alpha value is -0.640. The van der Waals surface area contributed by atoms with Gasteiger partial charge in [0.2, 0.25) is 0 Å². The van der Waals surface area contributed by atoms with Gasteiger partial charge in [0.05, 0.1) is 10.0 Å². The van der Waals surface area contributed by atoms with E-state index in [9.17, 15) is 0 Å². The van der Waals surface area contributed by atoms with E-state index in [1.807, 2.05) is 19.1 Å². The lowest BCUT2D eigenvalue weighted by Gasteiger charge is -2.07. The molecule has 0 nitrogen and oxygen atoms in total. The highest BCUT2D eigenvalue weighted by Gasteiger charge is 2.08. The molecule has 0 aliphatic heterocycles. The van der Waals surface area contributed by atoms with Gasteiger partial charge < -0.3 is 0 Å². The Bertz CT molecular complexity index is 323. The van der Waals surface area contributed by atoms with Crippen LogP contribution in [0.15, 0.2) is 18.2 Å². The van der Waals surface area contributed by atoms with Crippen molar-refractivity contribution in [1.29, 1.82) is 0 Å². The van der Waals surface area contributed by atoms with Crippen LogP contribution in [0.2, 0.25) is 10.0 Å². The molecule has 0 aromatic heterocycles. The Labute approximate surface area is 82.5 Å². The molecule has 0 aliphatic rings. The Morgan fingerprint density at radius 1 is 1.42 bits per heavy atom. The molecule has 0 aliphatic carbocycles. The number of rotatable bonds is 1. The van der Waals surface area contributed by atoms with Crippen LogP contribution in [0.25, 0.3) is 0 Å². The van der Waals surface area contributed by atoms with Crippen molar-refractivity contribution < 1.29 is 0 Å². The van der Waals surface area contributed by atoms with Crippen molar-refractivity contribution in [2.75, 3.05) is 0 Å². The van der Waals surface area contributed by atoms with E-state index in [2.05, 4.69) is 5.92 Å². The van der Waals surface area contributed by atoms with Gasteiger partial charge in [-0.2, -0.15) is 0 Å². The van der Waals surface area contributed by atoms with Crippen LogP contribution in [-0.4, -0.2) is 0 Å². The summed E-state index contributed by atoms with van der Waals surface area (Å²) in [6.07, 6.45) is 5.27. The molecule has 1 atom stereocenters. The Morgan fingerprint density at radius 3 is 2.67 bits per heavy atom. The number of halogens is 2. The smallest absolute Gasteiger partial charge is 0.0636 e. The molecule has 0 amide bonds. The van der Waals surface area contributed by atoms with Gasteiger partial charge in [0, 0.05) is 5.92 Å². The monoisotopic (exact) mass is 198 g/mol. The maximum absolute atomic E-state index is 5.94. The molecule has 12 heavy (non-hydrogen) atoms. The Kier molecular flexibility index (Phi) is 3.03. The quantitative estimate of drug-likeness (QED) is 0.604. The third kappa shape index (κ3) is 1.75. The molecular formula is C10H8Cl2. The molecule has 0 heterocycles. The fourth-order valence-electron chi connectivity index (χ4n) is 0.945. The molecule has 1 aromatic rings. The number of benzene rings is 1. The molecule has 0 fully saturated rings. The van der Waals surface area contributed by atoms with Crippen LogP contribution >= 0.6 is 23.2 Å². The highest BCUT2D eigenvalue weighted by molar-refractivity contribution is 6.42. The van der Waals surface area contributed by atoms with E-state index in [4.69, 9.17) is 29.6 Å². The molecule has 1 aromatic carbocycles. The molecule has 0 saturated heterocycles. The standard InChI is InChI=1S/C10H8Cl2/c1-3-7(2)8-5-4-6-9(11)10(8)12/h1,4-7H,2H3. The first-order chi connectivity index (χ1) is 5.66. The van der Waals surface area contributed by atoms with Crippen LogP contribution in [0.5, 0.6) is 0 Å². The molecule has 0 spiro atoms. The number of hydrogen-bond acceptors (Lipinski definition) is 0. The summed E-state index contributed by atoms with van der Waals surface area (Å²) in [5.41, 5.74) is 0.909. The molecular weight excluding hydrogens is 191 g/mol. The lowest BCUT2D eigenvalue weighted by atomic mass is 10.0. The summed E-state index contributed by atoms with van der Waals surface area (Å²) in [5.74, 6) is 2.62. The van der Waals surface area contributed by atoms with Crippen LogP contribution < -0.4 is 0 Å². The predicted octanol–water partition coefficient (Wildman–Crippen LogP) is 3.73. The van der Waals surface area contributed by atoms with Crippen LogP contribution in [-0.2, 0) is 0 Å². The average molecular weight is 199 g/mol. The second-order valence-corrected chi connectivity index (χ2v) is 3.32. The minimum atomic E-state index is 0.0104. The summed E-state index contributed by atoms with van der Waals surface area (Å²) < 4.78 is 0. The third-order valence-corrected chi connectivity index (χ3v) is 2.53. The van der Waals surface area contributed by atoms with E-state index in [1.54, 1.807) is 6.07 Å². The topological polar surface area (TPSA) is 0 Å². The van der Waals surface area contributed by atoms with Crippen molar-refractivity contribution in [3.63, 3.8) is 0 Å². The fourth-order valence-corrected chi connectivity index (χ4v) is 1.42. The van der Waals surface area contributed by atoms with Crippen molar-refractivity contribution in [2.45, 2.75) is 12.8 Å². The van der Waals surface area contributed by atoms with Crippen molar-refractivity contribution >= 4 is 23.2 Å². The van der Waals surface area contributed by atoms with Gasteiger partial charge in [-0.3, -0.25) is 0 Å². The van der Waals surface area contributed by atoms with E-state index < -0.39 is 0 Å². The van der Waals surface area contributed by atoms with Gasteiger partial charge in [-0.1, -0.05) is 41.3 Å². The molecule has 0 N–H and O–H groups in total. The summed E-state index contributed by atoms with van der Waals surface area (Å²) in [7, 11) is 0. The maximum atomic E-state index is 5.94. The van der Waals surface area contributed by atoms with Crippen LogP contribution in [0, 0.1) is 12.3 Å². The highest BCUT2D eigenvalue weighted by atomic mass is 35.5. The highest BCUT2D eigenvalue weighted by Crippen LogP contribution is 2.30. The SMILES string of the molecule is C#CC(C)c1cccc(Cl)c1Cl. The van der Waals surface area contributed by atoms with Crippen molar-refractivity contribution in [1.82, 2.24) is 0 Å². The lowest BCUT2D eigenvalue weighted by molar-refractivity contribution is 1.01. The average Bonchev–Trinajstić information content (AvgIpc) is 2.08. The van der Waals surface area contributed by atoms with Gasteiger partial charge in [0.15, 0.2) is 0 Å². The second kappa shape index (κ2) is 3.85. The molecule has 1 unspecified atom stereocenters. The van der Waals surface area contributed by atoms with Crippen molar-refractivity contribution in [2.24, 2.45) is 0 Å². The van der Waals surface area contributed by atoms with Crippen LogP contribution in [0.4, 0.5) is 0 Å². The normalized spacial score (nSPS) is 12.2. The van der Waals surface area contributed by atoms with Gasteiger partial charge >= 0.3 is 0 Å². The second-order valence-electron chi connectivity index (χ2n) is 2.53. The Morgan fingerprint density at radius 2 is 2.08 bits per heavy atom. The van der Waals surface area contributed by atoms with Crippen LogP contribution in [0.3, 0.4) is 0 Å². The molecule has 62 valence electrons. The zero-order chi connectivity index (χ0) is 9.14. The molecule has 0 radical (unpaired) electrons. The minimum Gasteiger partial charge on any atom is -0.119 e. The predicted molar refractivity (Wildman–Crippen MR) is 53.7 cm³/mol. The molecule has 1 rings (SSSR count). The van der Waals surface area contributed by atoms with Crippen molar-refractivity contribution in [3.8, 4) is 12.3 Å². The summed E-state index contributed by atoms with van der Waals surface area (Å²) in [6, 6.07) is 5.48. The summed E-state index contributed by atoms with van der Waals surface area (Å²) >= 11 is 11.8. The third-order valence-electron chi connectivity index (χ3n) is 1.70. The lowest BCUT2D eigenvalue weighted by Crippen LogP contribution is -1.90. The van der Waals surface area contributed by atoms with Gasteiger partial charge in [0.25, 0.3) is 0 Å². The summed E-state index contributed by atoms with van der Waals surface area (Å²) in [4.78, 5) is 0. The number of terminal acetylenes is 1. The fraction of sp³-hybridized carbons (Fsp3) is 0.200. The summed E-state index contributed by atoms with van der Waals surface area (Å²) in [6.45, 7) is 1.91. The Balaban J connectivity index is 3.18. The van der Waals surface area contributed by atoms with Gasteiger partial charge in [-0.05, 0) is 18.6 Å². The van der Waals surface area contributed by atoms with E-state index in [0.29, 0.717) is 10.0 Å². The zero-order valence-electron chi connectivity index (χ0n) is 6.64. The maximum Gasteiger partial charge on any atom is 0.0636 e. The largest absolute Gasteiger partial charge is 0.119 e. The van der Waals surface area contributed by atoms with Gasteiger partial charge in [0.1, 0.15) is 0 Å². The zero-order valence-corrected chi connectivity index (χ0v) is 8.15. The molecule has 0 bridgehead atoms. The minimum absolute atomic E-state index is 0.0104. The molecule has 2 heteroatoms. The van der Waals surface area contributed by atoms with Crippen LogP contribution in [0.1, 0.15) is 18.4 Å².